The number of nitrogens with one attached hydrogen (secondary N) is 1. The average molecular weight is 538 g/mol. The van der Waals surface area contributed by atoms with Crippen molar-refractivity contribution in [2.24, 2.45) is 5.41 Å². The van der Waals surface area contributed by atoms with Crippen LogP contribution in [0.15, 0.2) is 30.3 Å². The SMILES string of the molecule is O=C(O)[C@@H](c1cc(F)ccc1C1CC2(CCO1)CC2)N1CC[C@@H](OCCCCc2ccc3c(n2)NCCC3)C1. The van der Waals surface area contributed by atoms with Crippen LogP contribution in [0.3, 0.4) is 0 Å². The van der Waals surface area contributed by atoms with Crippen LogP contribution in [0.5, 0.6) is 0 Å². The van der Waals surface area contributed by atoms with Crippen LogP contribution in [0.25, 0.3) is 0 Å². The number of aliphatic carboxylic acids is 1. The van der Waals surface area contributed by atoms with Gasteiger partial charge in [0.05, 0.1) is 12.2 Å². The first-order valence-electron chi connectivity index (χ1n) is 14.7. The van der Waals surface area contributed by atoms with Crippen molar-refractivity contribution in [3.8, 4) is 0 Å². The number of nitrogens with zero attached hydrogens (tertiary/aromatic N) is 2. The molecule has 2 aromatic rings. The largest absolute Gasteiger partial charge is 0.480 e. The highest BCUT2D eigenvalue weighted by atomic mass is 19.1. The number of aromatic nitrogens is 1. The Kier molecular flexibility index (Phi) is 7.87. The average Bonchev–Trinajstić information content (AvgIpc) is 3.51. The van der Waals surface area contributed by atoms with Gasteiger partial charge in [0, 0.05) is 38.5 Å². The molecule has 2 saturated heterocycles. The molecular formula is C31H40FN3O4. The molecule has 1 unspecified atom stereocenters. The van der Waals surface area contributed by atoms with Crippen LogP contribution in [0.4, 0.5) is 10.2 Å². The van der Waals surface area contributed by atoms with Crippen LogP contribution < -0.4 is 5.32 Å². The third-order valence-electron chi connectivity index (χ3n) is 9.13. The van der Waals surface area contributed by atoms with Crippen LogP contribution in [0.2, 0.25) is 0 Å². The molecule has 1 aliphatic carbocycles. The lowest BCUT2D eigenvalue weighted by Gasteiger charge is -2.33. The van der Waals surface area contributed by atoms with E-state index in [9.17, 15) is 14.3 Å². The number of carboxylic acids is 1. The van der Waals surface area contributed by atoms with Crippen molar-refractivity contribution in [2.75, 3.05) is 38.2 Å². The summed E-state index contributed by atoms with van der Waals surface area (Å²) in [5.41, 5.74) is 4.11. The maximum absolute atomic E-state index is 14.4. The highest BCUT2D eigenvalue weighted by Crippen LogP contribution is 2.58. The van der Waals surface area contributed by atoms with E-state index in [2.05, 4.69) is 17.4 Å². The number of pyridine rings is 1. The first-order valence-corrected chi connectivity index (χ1v) is 14.7. The summed E-state index contributed by atoms with van der Waals surface area (Å²) in [6.07, 6.45) is 10.1. The number of anilines is 1. The van der Waals surface area contributed by atoms with E-state index < -0.39 is 17.8 Å². The van der Waals surface area contributed by atoms with Gasteiger partial charge in [-0.05, 0) is 105 Å². The van der Waals surface area contributed by atoms with Gasteiger partial charge in [-0.3, -0.25) is 9.69 Å². The molecular weight excluding hydrogens is 497 g/mol. The van der Waals surface area contributed by atoms with Gasteiger partial charge in [-0.2, -0.15) is 0 Å². The van der Waals surface area contributed by atoms with Crippen LogP contribution >= 0.6 is 0 Å². The van der Waals surface area contributed by atoms with Gasteiger partial charge >= 0.3 is 5.97 Å². The topological polar surface area (TPSA) is 83.9 Å². The zero-order chi connectivity index (χ0) is 26.8. The summed E-state index contributed by atoms with van der Waals surface area (Å²) in [6.45, 7) is 3.45. The fraction of sp³-hybridized carbons (Fsp3) is 0.613. The molecule has 0 radical (unpaired) electrons. The van der Waals surface area contributed by atoms with Crippen molar-refractivity contribution >= 4 is 11.8 Å². The summed E-state index contributed by atoms with van der Waals surface area (Å²) < 4.78 is 26.7. The van der Waals surface area contributed by atoms with Crippen LogP contribution in [0.1, 0.15) is 85.9 Å². The predicted molar refractivity (Wildman–Crippen MR) is 146 cm³/mol. The maximum Gasteiger partial charge on any atom is 0.325 e. The first kappa shape index (κ1) is 26.7. The minimum Gasteiger partial charge on any atom is -0.480 e. The number of carbonyl (C=O) groups is 1. The zero-order valence-corrected chi connectivity index (χ0v) is 22.7. The van der Waals surface area contributed by atoms with Crippen molar-refractivity contribution in [1.82, 2.24) is 9.88 Å². The number of rotatable bonds is 10. The monoisotopic (exact) mass is 537 g/mol. The van der Waals surface area contributed by atoms with Crippen molar-refractivity contribution in [3.05, 3.63) is 58.5 Å². The minimum atomic E-state index is -0.952. The molecule has 3 fully saturated rings. The Labute approximate surface area is 230 Å². The molecule has 1 saturated carbocycles. The number of hydrogen-bond donors (Lipinski definition) is 2. The molecule has 8 heteroatoms. The number of fused-ring (bicyclic) bond motifs is 1. The van der Waals surface area contributed by atoms with E-state index in [1.807, 2.05) is 4.90 Å². The van der Waals surface area contributed by atoms with Gasteiger partial charge in [-0.1, -0.05) is 12.1 Å². The van der Waals surface area contributed by atoms with Crippen LogP contribution in [-0.4, -0.2) is 59.9 Å². The molecule has 2 N–H and O–H groups in total. The predicted octanol–water partition coefficient (Wildman–Crippen LogP) is 5.45. The third kappa shape index (κ3) is 6.13. The Balaban J connectivity index is 1.03. The molecule has 39 heavy (non-hydrogen) atoms. The molecule has 6 rings (SSSR count). The normalized spacial score (nSPS) is 24.7. The van der Waals surface area contributed by atoms with Crippen LogP contribution in [-0.2, 0) is 27.1 Å². The Hall–Kier alpha value is -2.55. The first-order chi connectivity index (χ1) is 19.0. The number of aryl methyl sites for hydroxylation is 2. The number of benzene rings is 1. The van der Waals surface area contributed by atoms with Gasteiger partial charge in [0.25, 0.3) is 0 Å². The number of carboxylic acid groups (broad SMARTS) is 1. The van der Waals surface area contributed by atoms with E-state index in [1.54, 1.807) is 6.07 Å². The molecule has 1 aromatic heterocycles. The highest BCUT2D eigenvalue weighted by Gasteiger charge is 2.47. The zero-order valence-electron chi connectivity index (χ0n) is 22.7. The number of likely N-dealkylation sites (tertiary alicyclic amines) is 1. The van der Waals surface area contributed by atoms with Gasteiger partial charge in [0.2, 0.25) is 0 Å². The third-order valence-corrected chi connectivity index (χ3v) is 9.13. The summed E-state index contributed by atoms with van der Waals surface area (Å²) in [5, 5.41) is 13.7. The van der Waals surface area contributed by atoms with Gasteiger partial charge in [0.15, 0.2) is 0 Å². The van der Waals surface area contributed by atoms with E-state index in [0.29, 0.717) is 37.3 Å². The Morgan fingerprint density at radius 2 is 2.15 bits per heavy atom. The van der Waals surface area contributed by atoms with Crippen molar-refractivity contribution in [1.29, 1.82) is 0 Å². The Morgan fingerprint density at radius 3 is 3.00 bits per heavy atom. The van der Waals surface area contributed by atoms with Gasteiger partial charge in [-0.15, -0.1) is 0 Å². The second-order valence-electron chi connectivity index (χ2n) is 11.9. The lowest BCUT2D eigenvalue weighted by molar-refractivity contribution is -0.143. The molecule has 3 aliphatic heterocycles. The van der Waals surface area contributed by atoms with Crippen molar-refractivity contribution in [2.45, 2.75) is 82.5 Å². The van der Waals surface area contributed by atoms with Crippen LogP contribution in [0, 0.1) is 11.2 Å². The van der Waals surface area contributed by atoms with E-state index in [-0.39, 0.29) is 12.2 Å². The molecule has 4 aliphatic rings. The lowest BCUT2D eigenvalue weighted by Crippen LogP contribution is -2.35. The molecule has 4 heterocycles. The standard InChI is InChI=1S/C31H40FN3O4/c32-22-7-9-25(27-19-31(11-12-31)13-17-39-27)26(18-22)28(30(36)37)35-15-10-24(20-35)38-16-2-1-5-23-8-6-21-4-3-14-33-29(21)34-23/h6-9,18,24,27-28H,1-5,10-17,19-20H2,(H,33,34)(H,36,37)/t24-,27?,28-/m1/s1. The number of ether oxygens (including phenoxy) is 2. The highest BCUT2D eigenvalue weighted by molar-refractivity contribution is 5.76. The number of halogens is 1. The molecule has 210 valence electrons. The lowest BCUT2D eigenvalue weighted by atomic mass is 9.86. The molecule has 1 spiro atoms. The summed E-state index contributed by atoms with van der Waals surface area (Å²) in [7, 11) is 0. The molecule has 7 nitrogen and oxygen atoms in total. The number of hydrogen-bond acceptors (Lipinski definition) is 6. The van der Waals surface area contributed by atoms with E-state index in [1.165, 1.54) is 30.5 Å². The van der Waals surface area contributed by atoms with Crippen molar-refractivity contribution in [3.63, 3.8) is 0 Å². The fourth-order valence-electron chi connectivity index (χ4n) is 6.65. The molecule has 1 aromatic carbocycles. The molecule has 0 amide bonds. The van der Waals surface area contributed by atoms with Gasteiger partial charge in [-0.25, -0.2) is 9.37 Å². The molecule has 3 atom stereocenters. The second-order valence-corrected chi connectivity index (χ2v) is 11.9. The van der Waals surface area contributed by atoms with Gasteiger partial charge in [0.1, 0.15) is 17.7 Å². The smallest absolute Gasteiger partial charge is 0.325 e. The summed E-state index contributed by atoms with van der Waals surface area (Å²) in [4.78, 5) is 19.3. The van der Waals surface area contributed by atoms with Gasteiger partial charge < -0.3 is 19.9 Å². The summed E-state index contributed by atoms with van der Waals surface area (Å²) >= 11 is 0. The van der Waals surface area contributed by atoms with E-state index in [4.69, 9.17) is 14.5 Å². The number of unbranched alkanes of at least 4 members (excludes halogenated alkanes) is 1. The maximum atomic E-state index is 14.4. The molecule has 0 bridgehead atoms. The fourth-order valence-corrected chi connectivity index (χ4v) is 6.65. The summed E-state index contributed by atoms with van der Waals surface area (Å²) in [5.74, 6) is -0.322. The van der Waals surface area contributed by atoms with E-state index >= 15 is 0 Å². The summed E-state index contributed by atoms with van der Waals surface area (Å²) in [6, 6.07) is 8.00. The second kappa shape index (κ2) is 11.5. The minimum absolute atomic E-state index is 0.0180. The quantitative estimate of drug-likeness (QED) is 0.390. The Morgan fingerprint density at radius 1 is 1.26 bits per heavy atom. The van der Waals surface area contributed by atoms with Crippen molar-refractivity contribution < 1.29 is 23.8 Å². The van der Waals surface area contributed by atoms with E-state index in [0.717, 1.165) is 75.0 Å². The Bertz CT molecular complexity index is 1190.